The number of carbonyl (C=O) groups is 3. The monoisotopic (exact) mass is 370 g/mol. The van der Waals surface area contributed by atoms with Gasteiger partial charge in [-0.25, -0.2) is 9.69 Å². The van der Waals surface area contributed by atoms with Crippen molar-refractivity contribution in [2.24, 2.45) is 0 Å². The number of urea groups is 1. The molecule has 3 aromatic carbocycles. The van der Waals surface area contributed by atoms with Crippen LogP contribution in [0.15, 0.2) is 66.2 Å². The van der Waals surface area contributed by atoms with E-state index in [4.69, 9.17) is 0 Å². The molecule has 28 heavy (non-hydrogen) atoms. The van der Waals surface area contributed by atoms with Crippen LogP contribution in [-0.2, 0) is 9.59 Å². The van der Waals surface area contributed by atoms with Crippen LogP contribution in [0, 0.1) is 13.8 Å². The van der Waals surface area contributed by atoms with E-state index in [0.717, 1.165) is 32.4 Å². The molecule has 1 saturated heterocycles. The van der Waals surface area contributed by atoms with Gasteiger partial charge >= 0.3 is 6.03 Å². The van der Waals surface area contributed by atoms with Crippen molar-refractivity contribution in [3.63, 3.8) is 0 Å². The van der Waals surface area contributed by atoms with Gasteiger partial charge in [-0.15, -0.1) is 0 Å². The molecule has 1 N–H and O–H groups in total. The molecule has 0 radical (unpaired) electrons. The lowest BCUT2D eigenvalue weighted by Crippen LogP contribution is -2.54. The van der Waals surface area contributed by atoms with Gasteiger partial charge < -0.3 is 0 Å². The fraction of sp³-hybridized carbons (Fsp3) is 0.0870. The highest BCUT2D eigenvalue weighted by atomic mass is 16.2. The zero-order chi connectivity index (χ0) is 19.8. The second-order valence-electron chi connectivity index (χ2n) is 6.75. The maximum atomic E-state index is 13.1. The highest BCUT2D eigenvalue weighted by Gasteiger charge is 2.37. The number of barbiturate groups is 1. The highest BCUT2D eigenvalue weighted by Crippen LogP contribution is 2.28. The molecule has 0 aliphatic carbocycles. The third kappa shape index (κ3) is 2.87. The maximum absolute atomic E-state index is 13.1. The van der Waals surface area contributed by atoms with Crippen LogP contribution < -0.4 is 10.2 Å². The molecule has 0 unspecified atom stereocenters. The number of hydrogen-bond donors (Lipinski definition) is 1. The highest BCUT2D eigenvalue weighted by molar-refractivity contribution is 6.39. The first-order valence-electron chi connectivity index (χ1n) is 8.93. The van der Waals surface area contributed by atoms with E-state index in [2.05, 4.69) is 5.32 Å². The van der Waals surface area contributed by atoms with Crippen molar-refractivity contribution in [3.8, 4) is 0 Å². The number of fused-ring (bicyclic) bond motifs is 1. The summed E-state index contributed by atoms with van der Waals surface area (Å²) in [7, 11) is 0. The number of benzene rings is 3. The SMILES string of the molecule is Cc1cccc(N2C(=O)NC(=O)/C(=C\c3cccc4ccccc34)C2=O)c1C. The predicted octanol–water partition coefficient (Wildman–Crippen LogP) is 4.12. The minimum Gasteiger partial charge on any atom is -0.273 e. The number of rotatable bonds is 2. The quantitative estimate of drug-likeness (QED) is 0.545. The smallest absolute Gasteiger partial charge is 0.273 e. The molecule has 1 aliphatic rings. The number of nitrogens with zero attached hydrogens (tertiary/aromatic N) is 1. The van der Waals surface area contributed by atoms with E-state index >= 15 is 0 Å². The van der Waals surface area contributed by atoms with Crippen molar-refractivity contribution in [1.82, 2.24) is 5.32 Å². The molecule has 138 valence electrons. The molecule has 5 nitrogen and oxygen atoms in total. The Bertz CT molecular complexity index is 1170. The van der Waals surface area contributed by atoms with Crippen LogP contribution in [0.1, 0.15) is 16.7 Å². The lowest BCUT2D eigenvalue weighted by molar-refractivity contribution is -0.122. The first-order chi connectivity index (χ1) is 13.5. The largest absolute Gasteiger partial charge is 0.335 e. The summed E-state index contributed by atoms with van der Waals surface area (Å²) in [6, 6.07) is 18.0. The number of hydrogen-bond acceptors (Lipinski definition) is 3. The van der Waals surface area contributed by atoms with Crippen molar-refractivity contribution in [1.29, 1.82) is 0 Å². The number of imide groups is 2. The van der Waals surface area contributed by atoms with Gasteiger partial charge in [-0.3, -0.25) is 14.9 Å². The van der Waals surface area contributed by atoms with E-state index in [0.29, 0.717) is 5.69 Å². The molecule has 5 heteroatoms. The molecular formula is C23H18N2O3. The van der Waals surface area contributed by atoms with Gasteiger partial charge in [-0.1, -0.05) is 54.6 Å². The average Bonchev–Trinajstić information content (AvgIpc) is 2.68. The summed E-state index contributed by atoms with van der Waals surface area (Å²) in [4.78, 5) is 39.0. The number of nitrogens with one attached hydrogen (secondary N) is 1. The van der Waals surface area contributed by atoms with Gasteiger partial charge in [0, 0.05) is 0 Å². The van der Waals surface area contributed by atoms with Crippen LogP contribution in [0.4, 0.5) is 10.5 Å². The van der Waals surface area contributed by atoms with Crippen LogP contribution in [0.5, 0.6) is 0 Å². The standard InChI is InChI=1S/C23H18N2O3/c1-14-7-5-12-20(15(14)2)25-22(27)19(21(26)24-23(25)28)13-17-10-6-9-16-8-3-4-11-18(16)17/h3-13H,1-2H3,(H,24,26,28)/b19-13+. The van der Waals surface area contributed by atoms with E-state index in [-0.39, 0.29) is 5.57 Å². The molecule has 4 rings (SSSR count). The minimum absolute atomic E-state index is 0.0724. The molecule has 0 saturated carbocycles. The third-order valence-corrected chi connectivity index (χ3v) is 5.04. The Kier molecular flexibility index (Phi) is 4.28. The topological polar surface area (TPSA) is 66.5 Å². The van der Waals surface area contributed by atoms with E-state index in [1.165, 1.54) is 0 Å². The molecule has 0 bridgehead atoms. The van der Waals surface area contributed by atoms with E-state index in [9.17, 15) is 14.4 Å². The van der Waals surface area contributed by atoms with Crippen LogP contribution in [-0.4, -0.2) is 17.8 Å². The van der Waals surface area contributed by atoms with Crippen molar-refractivity contribution in [3.05, 3.63) is 82.9 Å². The number of carbonyl (C=O) groups excluding carboxylic acids is 3. The summed E-state index contributed by atoms with van der Waals surface area (Å²) in [5.74, 6) is -1.32. The van der Waals surface area contributed by atoms with Crippen molar-refractivity contribution in [2.75, 3.05) is 4.90 Å². The second-order valence-corrected chi connectivity index (χ2v) is 6.75. The van der Waals surface area contributed by atoms with Gasteiger partial charge in [0.1, 0.15) is 5.57 Å². The average molecular weight is 370 g/mol. The molecule has 0 atom stereocenters. The lowest BCUT2D eigenvalue weighted by Gasteiger charge is -2.28. The van der Waals surface area contributed by atoms with Crippen LogP contribution in [0.3, 0.4) is 0 Å². The number of amides is 4. The molecule has 1 heterocycles. The minimum atomic E-state index is -0.737. The summed E-state index contributed by atoms with van der Waals surface area (Å²) < 4.78 is 0. The Labute approximate surface area is 162 Å². The first kappa shape index (κ1) is 17.7. The Hall–Kier alpha value is -3.73. The van der Waals surface area contributed by atoms with E-state index < -0.39 is 17.8 Å². The van der Waals surface area contributed by atoms with Gasteiger partial charge in [-0.05, 0) is 53.5 Å². The maximum Gasteiger partial charge on any atom is 0.335 e. The van der Waals surface area contributed by atoms with E-state index in [1.54, 1.807) is 18.2 Å². The number of anilines is 1. The van der Waals surface area contributed by atoms with Gasteiger partial charge in [0.15, 0.2) is 0 Å². The van der Waals surface area contributed by atoms with Crippen molar-refractivity contribution >= 4 is 40.4 Å². The number of aryl methyl sites for hydroxylation is 1. The van der Waals surface area contributed by atoms with E-state index in [1.807, 2.05) is 62.4 Å². The Morgan fingerprint density at radius 1 is 0.857 bits per heavy atom. The molecule has 1 fully saturated rings. The Morgan fingerprint density at radius 2 is 1.57 bits per heavy atom. The third-order valence-electron chi connectivity index (χ3n) is 5.04. The molecule has 4 amide bonds. The van der Waals surface area contributed by atoms with Crippen LogP contribution in [0.25, 0.3) is 16.8 Å². The Morgan fingerprint density at radius 3 is 2.39 bits per heavy atom. The summed E-state index contributed by atoms with van der Waals surface area (Å²) in [6.45, 7) is 3.75. The summed E-state index contributed by atoms with van der Waals surface area (Å²) in [6.07, 6.45) is 1.55. The van der Waals surface area contributed by atoms with Crippen LogP contribution >= 0.6 is 0 Å². The van der Waals surface area contributed by atoms with Crippen LogP contribution in [0.2, 0.25) is 0 Å². The van der Waals surface area contributed by atoms with Gasteiger partial charge in [-0.2, -0.15) is 0 Å². The zero-order valence-electron chi connectivity index (χ0n) is 15.5. The second kappa shape index (κ2) is 6.78. The molecule has 1 aliphatic heterocycles. The zero-order valence-corrected chi connectivity index (χ0v) is 15.5. The molecule has 0 aromatic heterocycles. The molecular weight excluding hydrogens is 352 g/mol. The predicted molar refractivity (Wildman–Crippen MR) is 109 cm³/mol. The first-order valence-corrected chi connectivity index (χ1v) is 8.93. The van der Waals surface area contributed by atoms with Crippen molar-refractivity contribution in [2.45, 2.75) is 13.8 Å². The Balaban J connectivity index is 1.84. The molecule has 0 spiro atoms. The summed E-state index contributed by atoms with van der Waals surface area (Å²) >= 11 is 0. The van der Waals surface area contributed by atoms with Crippen molar-refractivity contribution < 1.29 is 14.4 Å². The van der Waals surface area contributed by atoms with Gasteiger partial charge in [0.05, 0.1) is 5.69 Å². The normalized spacial score (nSPS) is 16.0. The molecule has 3 aromatic rings. The lowest BCUT2D eigenvalue weighted by atomic mass is 10.00. The summed E-state index contributed by atoms with van der Waals surface area (Å²) in [5.41, 5.74) is 2.90. The fourth-order valence-electron chi connectivity index (χ4n) is 3.39. The van der Waals surface area contributed by atoms with Gasteiger partial charge in [0.2, 0.25) is 0 Å². The van der Waals surface area contributed by atoms with Gasteiger partial charge in [0.25, 0.3) is 11.8 Å². The summed E-state index contributed by atoms with van der Waals surface area (Å²) in [5, 5.41) is 4.21. The fourth-order valence-corrected chi connectivity index (χ4v) is 3.39.